The summed E-state index contributed by atoms with van der Waals surface area (Å²) in [5.74, 6) is 3.59. The molecule has 2 aliphatic carbocycles. The summed E-state index contributed by atoms with van der Waals surface area (Å²) in [6.45, 7) is 3.92. The van der Waals surface area contributed by atoms with E-state index in [0.29, 0.717) is 18.2 Å². The topological polar surface area (TPSA) is 59.2 Å². The largest absolute Gasteiger partial charge is 0.392 e. The molecular weight excluding hydrogens is 228 g/mol. The van der Waals surface area contributed by atoms with E-state index in [1.165, 1.54) is 25.7 Å². The highest BCUT2D eigenvalue weighted by atomic mass is 16.5. The van der Waals surface area contributed by atoms with E-state index in [0.717, 1.165) is 17.7 Å². The average molecular weight is 250 g/mol. The molecule has 4 heteroatoms. The van der Waals surface area contributed by atoms with Crippen LogP contribution in [0.5, 0.6) is 0 Å². The van der Waals surface area contributed by atoms with Gasteiger partial charge in [-0.25, -0.2) is 0 Å². The van der Waals surface area contributed by atoms with Crippen molar-refractivity contribution in [2.45, 2.75) is 63.9 Å². The van der Waals surface area contributed by atoms with Crippen molar-refractivity contribution in [3.63, 3.8) is 0 Å². The summed E-state index contributed by atoms with van der Waals surface area (Å²) >= 11 is 0. The van der Waals surface area contributed by atoms with Crippen LogP contribution in [-0.4, -0.2) is 21.4 Å². The highest BCUT2D eigenvalue weighted by molar-refractivity contribution is 5.07. The third-order valence-electron chi connectivity index (χ3n) is 4.91. The van der Waals surface area contributed by atoms with Gasteiger partial charge in [-0.1, -0.05) is 25.4 Å². The lowest BCUT2D eigenvalue weighted by Gasteiger charge is -2.17. The first-order valence-electron chi connectivity index (χ1n) is 7.20. The number of aliphatic hydroxyl groups is 1. The Morgan fingerprint density at radius 3 is 2.83 bits per heavy atom. The number of aliphatic hydroxyl groups excluding tert-OH is 1. The Morgan fingerprint density at radius 2 is 2.22 bits per heavy atom. The second kappa shape index (κ2) is 4.65. The van der Waals surface area contributed by atoms with Crippen LogP contribution in [0.4, 0.5) is 0 Å². The molecular formula is C14H22N2O2. The SMILES string of the molecule is CCC(O)C(C)c1nc(C2CC3CCC2C3)no1. The van der Waals surface area contributed by atoms with Gasteiger partial charge in [0.2, 0.25) is 5.89 Å². The Bertz CT molecular complexity index is 418. The number of rotatable bonds is 4. The van der Waals surface area contributed by atoms with Crippen molar-refractivity contribution in [2.75, 3.05) is 0 Å². The summed E-state index contributed by atoms with van der Waals surface area (Å²) in [5.41, 5.74) is 0. The van der Waals surface area contributed by atoms with Gasteiger partial charge in [0, 0.05) is 5.92 Å². The van der Waals surface area contributed by atoms with Crippen molar-refractivity contribution in [1.29, 1.82) is 0 Å². The Balaban J connectivity index is 1.74. The predicted molar refractivity (Wildman–Crippen MR) is 67.2 cm³/mol. The van der Waals surface area contributed by atoms with Crippen molar-refractivity contribution in [1.82, 2.24) is 10.1 Å². The minimum atomic E-state index is -0.390. The number of hydrogen-bond acceptors (Lipinski definition) is 4. The van der Waals surface area contributed by atoms with Crippen molar-refractivity contribution < 1.29 is 9.63 Å². The fraction of sp³-hybridized carbons (Fsp3) is 0.857. The second-order valence-corrected chi connectivity index (χ2v) is 6.04. The Morgan fingerprint density at radius 1 is 1.39 bits per heavy atom. The third kappa shape index (κ3) is 1.96. The van der Waals surface area contributed by atoms with Gasteiger partial charge in [-0.05, 0) is 37.5 Å². The summed E-state index contributed by atoms with van der Waals surface area (Å²) in [6, 6.07) is 0. The lowest BCUT2D eigenvalue weighted by molar-refractivity contribution is 0.129. The van der Waals surface area contributed by atoms with Crippen LogP contribution in [0, 0.1) is 11.8 Å². The van der Waals surface area contributed by atoms with E-state index in [1.54, 1.807) is 0 Å². The number of aromatic nitrogens is 2. The normalized spacial score (nSPS) is 33.8. The van der Waals surface area contributed by atoms with E-state index in [2.05, 4.69) is 10.1 Å². The molecule has 0 aliphatic heterocycles. The lowest BCUT2D eigenvalue weighted by Crippen LogP contribution is -2.15. The maximum absolute atomic E-state index is 9.83. The zero-order valence-corrected chi connectivity index (χ0v) is 11.2. The van der Waals surface area contributed by atoms with Gasteiger partial charge in [0.15, 0.2) is 5.82 Å². The molecule has 0 saturated heterocycles. The molecule has 100 valence electrons. The van der Waals surface area contributed by atoms with Crippen LogP contribution < -0.4 is 0 Å². The number of hydrogen-bond donors (Lipinski definition) is 1. The lowest BCUT2D eigenvalue weighted by atomic mass is 9.88. The van der Waals surface area contributed by atoms with E-state index in [1.807, 2.05) is 13.8 Å². The molecule has 2 bridgehead atoms. The molecule has 5 unspecified atom stereocenters. The summed E-state index contributed by atoms with van der Waals surface area (Å²) in [5, 5.41) is 14.0. The van der Waals surface area contributed by atoms with E-state index in [-0.39, 0.29) is 5.92 Å². The Labute approximate surface area is 108 Å². The van der Waals surface area contributed by atoms with Gasteiger partial charge in [-0.2, -0.15) is 4.98 Å². The smallest absolute Gasteiger partial charge is 0.232 e. The fourth-order valence-electron chi connectivity index (χ4n) is 3.66. The first-order chi connectivity index (χ1) is 8.69. The van der Waals surface area contributed by atoms with Gasteiger partial charge < -0.3 is 9.63 Å². The van der Waals surface area contributed by atoms with Crippen LogP contribution in [0.25, 0.3) is 0 Å². The molecule has 1 aromatic rings. The first-order valence-corrected chi connectivity index (χ1v) is 7.20. The molecule has 4 nitrogen and oxygen atoms in total. The van der Waals surface area contributed by atoms with E-state index in [4.69, 9.17) is 4.52 Å². The van der Waals surface area contributed by atoms with Gasteiger partial charge in [-0.15, -0.1) is 0 Å². The van der Waals surface area contributed by atoms with Gasteiger partial charge >= 0.3 is 0 Å². The zero-order valence-electron chi connectivity index (χ0n) is 11.2. The summed E-state index contributed by atoms with van der Waals surface area (Å²) in [7, 11) is 0. The van der Waals surface area contributed by atoms with E-state index in [9.17, 15) is 5.11 Å². The third-order valence-corrected chi connectivity index (χ3v) is 4.91. The van der Waals surface area contributed by atoms with Crippen molar-refractivity contribution in [2.24, 2.45) is 11.8 Å². The van der Waals surface area contributed by atoms with Gasteiger partial charge in [0.25, 0.3) is 0 Å². The maximum atomic E-state index is 9.83. The molecule has 18 heavy (non-hydrogen) atoms. The molecule has 2 fully saturated rings. The Kier molecular flexibility index (Phi) is 3.14. The highest BCUT2D eigenvalue weighted by Crippen LogP contribution is 2.52. The quantitative estimate of drug-likeness (QED) is 0.892. The van der Waals surface area contributed by atoms with Crippen LogP contribution in [0.3, 0.4) is 0 Å². The molecule has 2 saturated carbocycles. The van der Waals surface area contributed by atoms with Gasteiger partial charge in [-0.3, -0.25) is 0 Å². The molecule has 0 spiro atoms. The van der Waals surface area contributed by atoms with Crippen LogP contribution >= 0.6 is 0 Å². The van der Waals surface area contributed by atoms with Crippen LogP contribution in [-0.2, 0) is 0 Å². The minimum Gasteiger partial charge on any atom is -0.392 e. The monoisotopic (exact) mass is 250 g/mol. The van der Waals surface area contributed by atoms with Crippen molar-refractivity contribution >= 4 is 0 Å². The summed E-state index contributed by atoms with van der Waals surface area (Å²) in [6.07, 6.45) is 5.62. The van der Waals surface area contributed by atoms with E-state index < -0.39 is 6.10 Å². The number of nitrogens with zero attached hydrogens (tertiary/aromatic N) is 2. The molecule has 0 amide bonds. The van der Waals surface area contributed by atoms with Crippen LogP contribution in [0.1, 0.15) is 69.5 Å². The van der Waals surface area contributed by atoms with E-state index >= 15 is 0 Å². The molecule has 0 radical (unpaired) electrons. The molecule has 2 aliphatic rings. The highest BCUT2D eigenvalue weighted by Gasteiger charge is 2.42. The van der Waals surface area contributed by atoms with Crippen molar-refractivity contribution in [3.05, 3.63) is 11.7 Å². The maximum Gasteiger partial charge on any atom is 0.232 e. The second-order valence-electron chi connectivity index (χ2n) is 6.04. The average Bonchev–Trinajstić information content (AvgIpc) is 3.10. The zero-order chi connectivity index (χ0) is 12.7. The predicted octanol–water partition coefficient (Wildman–Crippen LogP) is 2.85. The molecule has 0 aromatic carbocycles. The van der Waals surface area contributed by atoms with Crippen LogP contribution in [0.2, 0.25) is 0 Å². The Hall–Kier alpha value is -0.900. The van der Waals surface area contributed by atoms with Crippen LogP contribution in [0.15, 0.2) is 4.52 Å². The molecule has 3 rings (SSSR count). The minimum absolute atomic E-state index is 0.0603. The van der Waals surface area contributed by atoms with Gasteiger partial charge in [0.05, 0.1) is 12.0 Å². The molecule has 5 atom stereocenters. The summed E-state index contributed by atoms with van der Waals surface area (Å²) in [4.78, 5) is 4.54. The standard InChI is InChI=1S/C14H22N2O2/c1-3-12(17)8(2)14-15-13(16-18-14)11-7-9-4-5-10(11)6-9/h8-12,17H,3-7H2,1-2H3. The molecule has 1 heterocycles. The summed E-state index contributed by atoms with van der Waals surface area (Å²) < 4.78 is 5.35. The molecule has 1 N–H and O–H groups in total. The molecule has 1 aromatic heterocycles. The van der Waals surface area contributed by atoms with Crippen molar-refractivity contribution in [3.8, 4) is 0 Å². The first kappa shape index (κ1) is 12.2. The van der Waals surface area contributed by atoms with Gasteiger partial charge in [0.1, 0.15) is 0 Å². The fourth-order valence-corrected chi connectivity index (χ4v) is 3.66. The number of fused-ring (bicyclic) bond motifs is 2.